The molecule has 0 fully saturated rings. The summed E-state index contributed by atoms with van der Waals surface area (Å²) in [5.74, 6) is -38.7. The molecule has 0 heterocycles. The van der Waals surface area contributed by atoms with Crippen LogP contribution in [0.1, 0.15) is 27.7 Å². The normalized spacial score (nSPS) is 19.0. The summed E-state index contributed by atoms with van der Waals surface area (Å²) in [5, 5.41) is 8.32. The van der Waals surface area contributed by atoms with Gasteiger partial charge in [0, 0.05) is 0 Å². The number of ether oxygens (including phenoxy) is 2. The summed E-state index contributed by atoms with van der Waals surface area (Å²) in [6, 6.07) is 0. The Balaban J connectivity index is 7.02. The lowest BCUT2D eigenvalue weighted by Gasteiger charge is -2.48. The Labute approximate surface area is 188 Å². The van der Waals surface area contributed by atoms with Crippen molar-refractivity contribution in [2.75, 3.05) is 0 Å². The van der Waals surface area contributed by atoms with Crippen LogP contribution in [0, 0.1) is 0 Å². The van der Waals surface area contributed by atoms with E-state index in [4.69, 9.17) is 5.11 Å². The second-order valence-corrected chi connectivity index (χ2v) is 7.94. The lowest BCUT2D eigenvalue weighted by atomic mass is 9.89. The number of alkyl halides is 17. The van der Waals surface area contributed by atoms with Crippen LogP contribution in [-0.2, 0) is 14.3 Å². The summed E-state index contributed by atoms with van der Waals surface area (Å²) in [6.45, 7) is -3.14. The maximum atomic E-state index is 14.8. The van der Waals surface area contributed by atoms with Crippen LogP contribution in [0.4, 0.5) is 74.6 Å². The highest BCUT2D eigenvalue weighted by Gasteiger charge is 2.85. The van der Waals surface area contributed by atoms with Crippen LogP contribution >= 0.6 is 0 Å². The van der Waals surface area contributed by atoms with Gasteiger partial charge in [-0.25, -0.2) is 4.79 Å². The first kappa shape index (κ1) is 34.2. The third kappa shape index (κ3) is 5.00. The summed E-state index contributed by atoms with van der Waals surface area (Å²) in [7, 11) is 0. The molecule has 0 amide bonds. The molecule has 2 unspecified atom stereocenters. The zero-order chi connectivity index (χ0) is 30.0. The zero-order valence-corrected chi connectivity index (χ0v) is 17.6. The highest BCUT2D eigenvalue weighted by molar-refractivity contribution is 5.76. The first-order valence-electron chi connectivity index (χ1n) is 8.46. The molecule has 0 aliphatic rings. The lowest BCUT2D eigenvalue weighted by Crippen LogP contribution is -2.73. The number of carboxylic acid groups (broad SMARTS) is 1. The SMILES string of the molecule is CC(C)(OC(F)(C(F)(F)F)C(F)(F)C(C)(C)OC(F)(C(=O)O)C(F)(F)F)C(F)(F)C(F)(F)C(F)(F)F. The minimum Gasteiger partial charge on any atom is -0.477 e. The van der Waals surface area contributed by atoms with Gasteiger partial charge < -0.3 is 14.6 Å². The Kier molecular flexibility index (Phi) is 8.19. The molecular formula is C15H13F17O4. The number of rotatable bonds is 9. The maximum Gasteiger partial charge on any atom is 0.460 e. The van der Waals surface area contributed by atoms with Gasteiger partial charge in [-0.05, 0) is 27.7 Å². The Morgan fingerprint density at radius 3 is 1.08 bits per heavy atom. The Morgan fingerprint density at radius 2 is 0.833 bits per heavy atom. The van der Waals surface area contributed by atoms with E-state index in [0.29, 0.717) is 0 Å². The molecular weight excluding hydrogens is 567 g/mol. The van der Waals surface area contributed by atoms with Crippen molar-refractivity contribution in [2.45, 2.75) is 86.9 Å². The van der Waals surface area contributed by atoms with E-state index in [-0.39, 0.29) is 0 Å². The van der Waals surface area contributed by atoms with E-state index >= 15 is 0 Å². The fourth-order valence-electron chi connectivity index (χ4n) is 2.30. The highest BCUT2D eigenvalue weighted by Crippen LogP contribution is 2.59. The van der Waals surface area contributed by atoms with Gasteiger partial charge in [0.05, 0.1) is 0 Å². The van der Waals surface area contributed by atoms with Crippen molar-refractivity contribution >= 4 is 5.97 Å². The van der Waals surface area contributed by atoms with Crippen LogP contribution < -0.4 is 0 Å². The van der Waals surface area contributed by atoms with Gasteiger partial charge >= 0.3 is 54.0 Å². The molecule has 36 heavy (non-hydrogen) atoms. The number of aliphatic carboxylic acids is 1. The second-order valence-electron chi connectivity index (χ2n) is 7.94. The molecule has 0 bridgehead atoms. The van der Waals surface area contributed by atoms with Gasteiger partial charge in [0.15, 0.2) is 0 Å². The number of hydrogen-bond donors (Lipinski definition) is 1. The second kappa shape index (κ2) is 8.62. The van der Waals surface area contributed by atoms with Crippen LogP contribution in [0.25, 0.3) is 0 Å². The molecule has 0 aromatic carbocycles. The van der Waals surface area contributed by atoms with E-state index in [2.05, 4.69) is 9.47 Å². The first-order chi connectivity index (χ1) is 15.1. The Morgan fingerprint density at radius 1 is 0.500 bits per heavy atom. The van der Waals surface area contributed by atoms with Crippen LogP contribution in [0.3, 0.4) is 0 Å². The summed E-state index contributed by atoms with van der Waals surface area (Å²) in [5.41, 5.74) is -10.2. The minimum atomic E-state index is -7.46. The number of hydrogen-bond acceptors (Lipinski definition) is 3. The molecule has 4 nitrogen and oxygen atoms in total. The molecule has 0 saturated carbocycles. The van der Waals surface area contributed by atoms with E-state index in [1.165, 1.54) is 0 Å². The van der Waals surface area contributed by atoms with Crippen molar-refractivity contribution in [1.82, 2.24) is 0 Å². The zero-order valence-electron chi connectivity index (χ0n) is 17.6. The van der Waals surface area contributed by atoms with E-state index in [9.17, 15) is 79.4 Å². The summed E-state index contributed by atoms with van der Waals surface area (Å²) in [6.07, 6.45) is -21.6. The summed E-state index contributed by atoms with van der Waals surface area (Å²) < 4.78 is 233. The third-order valence-corrected chi connectivity index (χ3v) is 4.46. The molecule has 0 rings (SSSR count). The van der Waals surface area contributed by atoms with Gasteiger partial charge in [-0.15, -0.1) is 0 Å². The monoisotopic (exact) mass is 580 g/mol. The van der Waals surface area contributed by atoms with Crippen LogP contribution in [0.2, 0.25) is 0 Å². The predicted octanol–water partition coefficient (Wildman–Crippen LogP) is 6.59. The van der Waals surface area contributed by atoms with Crippen LogP contribution in [-0.4, -0.2) is 70.3 Å². The average Bonchev–Trinajstić information content (AvgIpc) is 2.56. The van der Waals surface area contributed by atoms with Crippen molar-refractivity contribution in [3.8, 4) is 0 Å². The van der Waals surface area contributed by atoms with Crippen LogP contribution in [0.5, 0.6) is 0 Å². The molecule has 0 aromatic heterocycles. The fourth-order valence-corrected chi connectivity index (χ4v) is 2.30. The van der Waals surface area contributed by atoms with E-state index in [1.807, 2.05) is 0 Å². The summed E-state index contributed by atoms with van der Waals surface area (Å²) >= 11 is 0. The number of halogens is 17. The van der Waals surface area contributed by atoms with Crippen LogP contribution in [0.15, 0.2) is 0 Å². The van der Waals surface area contributed by atoms with Crippen molar-refractivity contribution in [3.05, 3.63) is 0 Å². The van der Waals surface area contributed by atoms with Gasteiger partial charge in [-0.1, -0.05) is 0 Å². The maximum absolute atomic E-state index is 14.8. The average molecular weight is 580 g/mol. The van der Waals surface area contributed by atoms with Gasteiger partial charge in [0.1, 0.15) is 11.2 Å². The smallest absolute Gasteiger partial charge is 0.460 e. The third-order valence-electron chi connectivity index (χ3n) is 4.46. The van der Waals surface area contributed by atoms with Crippen molar-refractivity contribution < 1.29 is 94.0 Å². The molecule has 0 aromatic rings. The Bertz CT molecular complexity index is 825. The number of carboxylic acids is 1. The van der Waals surface area contributed by atoms with E-state index < -0.39 is 92.9 Å². The highest BCUT2D eigenvalue weighted by atomic mass is 19.4. The van der Waals surface area contributed by atoms with Crippen molar-refractivity contribution in [3.63, 3.8) is 0 Å². The molecule has 0 aliphatic heterocycles. The molecule has 216 valence electrons. The molecule has 0 spiro atoms. The van der Waals surface area contributed by atoms with E-state index in [0.717, 1.165) is 0 Å². The van der Waals surface area contributed by atoms with Gasteiger partial charge in [-0.2, -0.15) is 74.6 Å². The largest absolute Gasteiger partial charge is 0.477 e. The molecule has 21 heteroatoms. The quantitative estimate of drug-likeness (QED) is 0.313. The molecule has 0 aliphatic carbocycles. The van der Waals surface area contributed by atoms with E-state index in [1.54, 1.807) is 0 Å². The van der Waals surface area contributed by atoms with Gasteiger partial charge in [0.2, 0.25) is 0 Å². The molecule has 2 atom stereocenters. The Hall–Kier alpha value is -1.80. The van der Waals surface area contributed by atoms with Crippen molar-refractivity contribution in [2.24, 2.45) is 0 Å². The fraction of sp³-hybridized carbons (Fsp3) is 0.933. The van der Waals surface area contributed by atoms with Crippen molar-refractivity contribution in [1.29, 1.82) is 0 Å². The van der Waals surface area contributed by atoms with Gasteiger partial charge in [0.25, 0.3) is 0 Å². The lowest BCUT2D eigenvalue weighted by molar-refractivity contribution is -0.480. The molecule has 1 N–H and O–H groups in total. The molecule has 0 radical (unpaired) electrons. The summed E-state index contributed by atoms with van der Waals surface area (Å²) in [4.78, 5) is 10.6. The van der Waals surface area contributed by atoms with Gasteiger partial charge in [-0.3, -0.25) is 0 Å². The topological polar surface area (TPSA) is 55.8 Å². The first-order valence-corrected chi connectivity index (χ1v) is 8.46. The standard InChI is InChI=1S/C15H13F17O4/c1-6(2,9(17,18)11(21,22)14(27,28)29)36-12(23,15(30,31)32)10(19,20)7(3,4)35-8(16,5(33)34)13(24,25)26/h1-4H3,(H,33,34). The minimum absolute atomic E-state index is 0.727. The molecule has 0 saturated heterocycles. The predicted molar refractivity (Wildman–Crippen MR) is 78.6 cm³/mol. The number of carbonyl (C=O) groups is 1.